The fourth-order valence-corrected chi connectivity index (χ4v) is 4.25. The molecule has 0 saturated heterocycles. The third-order valence-corrected chi connectivity index (χ3v) is 6.11. The smallest absolute Gasteiger partial charge is 0.228 e. The van der Waals surface area contributed by atoms with Crippen LogP contribution in [-0.2, 0) is 22.4 Å². The van der Waals surface area contributed by atoms with Gasteiger partial charge < -0.3 is 19.1 Å². The lowest BCUT2D eigenvalue weighted by molar-refractivity contribution is -0.131. The zero-order chi connectivity index (χ0) is 22.8. The first-order valence-corrected chi connectivity index (χ1v) is 11.5. The van der Waals surface area contributed by atoms with Crippen LogP contribution >= 0.6 is 11.3 Å². The normalized spacial score (nSPS) is 10.7. The van der Waals surface area contributed by atoms with Crippen LogP contribution in [0.5, 0.6) is 11.5 Å². The van der Waals surface area contributed by atoms with Crippen molar-refractivity contribution in [2.24, 2.45) is 0 Å². The zero-order valence-corrected chi connectivity index (χ0v) is 19.7. The van der Waals surface area contributed by atoms with Crippen LogP contribution in [-0.4, -0.2) is 56.8 Å². The van der Waals surface area contributed by atoms with Gasteiger partial charge in [0.2, 0.25) is 5.91 Å². The monoisotopic (exact) mass is 454 g/mol. The minimum absolute atomic E-state index is 0.0688. The molecule has 1 heterocycles. The van der Waals surface area contributed by atoms with Crippen molar-refractivity contribution in [3.05, 3.63) is 65.2 Å². The number of carbonyl (C=O) groups excluding carboxylic acids is 1. The number of carbonyl (C=O) groups is 1. The highest BCUT2D eigenvalue weighted by molar-refractivity contribution is 7.13. The molecule has 0 unspecified atom stereocenters. The summed E-state index contributed by atoms with van der Waals surface area (Å²) in [6.45, 7) is 1.80. The number of amides is 1. The van der Waals surface area contributed by atoms with E-state index in [-0.39, 0.29) is 12.3 Å². The quantitative estimate of drug-likeness (QED) is 0.404. The second-order valence-electron chi connectivity index (χ2n) is 7.35. The predicted molar refractivity (Wildman–Crippen MR) is 128 cm³/mol. The molecule has 2 aromatic carbocycles. The fraction of sp³-hybridized carbons (Fsp3) is 0.360. The number of nitrogens with zero attached hydrogens (tertiary/aromatic N) is 2. The Kier molecular flexibility index (Phi) is 9.07. The van der Waals surface area contributed by atoms with Gasteiger partial charge in [-0.15, -0.1) is 11.3 Å². The molecule has 0 fully saturated rings. The van der Waals surface area contributed by atoms with E-state index in [1.54, 1.807) is 21.3 Å². The van der Waals surface area contributed by atoms with E-state index in [9.17, 15) is 4.79 Å². The van der Waals surface area contributed by atoms with Gasteiger partial charge in [-0.3, -0.25) is 4.79 Å². The van der Waals surface area contributed by atoms with Crippen molar-refractivity contribution in [2.45, 2.75) is 19.3 Å². The molecule has 0 spiro atoms. The minimum atomic E-state index is 0.0688. The topological polar surface area (TPSA) is 60.9 Å². The van der Waals surface area contributed by atoms with Crippen LogP contribution in [0.25, 0.3) is 10.6 Å². The largest absolute Gasteiger partial charge is 0.493 e. The Balaban J connectivity index is 1.62. The van der Waals surface area contributed by atoms with Gasteiger partial charge in [-0.2, -0.15) is 0 Å². The van der Waals surface area contributed by atoms with Crippen molar-refractivity contribution in [1.29, 1.82) is 0 Å². The first-order chi connectivity index (χ1) is 15.6. The predicted octanol–water partition coefficient (Wildman–Crippen LogP) is 4.48. The van der Waals surface area contributed by atoms with Crippen LogP contribution in [0.2, 0.25) is 0 Å². The third-order valence-electron chi connectivity index (χ3n) is 5.17. The highest BCUT2D eigenvalue weighted by Gasteiger charge is 2.16. The van der Waals surface area contributed by atoms with E-state index in [2.05, 4.69) is 17.1 Å². The molecule has 0 aliphatic rings. The van der Waals surface area contributed by atoms with Crippen LogP contribution in [0.3, 0.4) is 0 Å². The number of methoxy groups -OCH3 is 3. The van der Waals surface area contributed by atoms with E-state index in [1.165, 1.54) is 16.9 Å². The number of aryl methyl sites for hydroxylation is 1. The van der Waals surface area contributed by atoms with E-state index in [0.717, 1.165) is 29.1 Å². The van der Waals surface area contributed by atoms with Crippen molar-refractivity contribution in [1.82, 2.24) is 9.88 Å². The first kappa shape index (κ1) is 23.8. The molecule has 32 heavy (non-hydrogen) atoms. The summed E-state index contributed by atoms with van der Waals surface area (Å²) in [4.78, 5) is 19.6. The molecule has 6 nitrogen and oxygen atoms in total. The molecule has 3 aromatic rings. The number of aromatic nitrogens is 1. The maximum atomic E-state index is 13.0. The summed E-state index contributed by atoms with van der Waals surface area (Å²) in [5.41, 5.74) is 2.99. The summed E-state index contributed by atoms with van der Waals surface area (Å²) in [5, 5.41) is 2.80. The Morgan fingerprint density at radius 3 is 2.50 bits per heavy atom. The van der Waals surface area contributed by atoms with Crippen molar-refractivity contribution in [3.8, 4) is 22.1 Å². The summed E-state index contributed by atoms with van der Waals surface area (Å²) < 4.78 is 15.9. The summed E-state index contributed by atoms with van der Waals surface area (Å²) in [5.74, 6) is 1.40. The molecule has 1 amide bonds. The van der Waals surface area contributed by atoms with Crippen LogP contribution < -0.4 is 9.47 Å². The Hall–Kier alpha value is -2.90. The lowest BCUT2D eigenvalue weighted by Crippen LogP contribution is -2.36. The highest BCUT2D eigenvalue weighted by Crippen LogP contribution is 2.33. The van der Waals surface area contributed by atoms with Crippen LogP contribution in [0, 0.1) is 0 Å². The summed E-state index contributed by atoms with van der Waals surface area (Å²) in [7, 11) is 4.88. The number of rotatable bonds is 12. The van der Waals surface area contributed by atoms with Crippen molar-refractivity contribution in [3.63, 3.8) is 0 Å². The first-order valence-electron chi connectivity index (χ1n) is 10.6. The molecule has 0 N–H and O–H groups in total. The maximum absolute atomic E-state index is 13.0. The molecule has 3 rings (SSSR count). The second kappa shape index (κ2) is 12.2. The van der Waals surface area contributed by atoms with E-state index < -0.39 is 0 Å². The zero-order valence-electron chi connectivity index (χ0n) is 18.9. The Morgan fingerprint density at radius 1 is 1.00 bits per heavy atom. The molecule has 0 atom stereocenters. The number of thiazole rings is 1. The van der Waals surface area contributed by atoms with Gasteiger partial charge in [0.25, 0.3) is 0 Å². The van der Waals surface area contributed by atoms with Crippen LogP contribution in [0.4, 0.5) is 0 Å². The average Bonchev–Trinajstić information content (AvgIpc) is 3.29. The lowest BCUT2D eigenvalue weighted by atomic mass is 10.1. The van der Waals surface area contributed by atoms with Crippen molar-refractivity contribution in [2.75, 3.05) is 41.0 Å². The fourth-order valence-electron chi connectivity index (χ4n) is 3.44. The summed E-state index contributed by atoms with van der Waals surface area (Å²) >= 11 is 1.52. The van der Waals surface area contributed by atoms with Crippen LogP contribution in [0.1, 0.15) is 17.7 Å². The van der Waals surface area contributed by atoms with E-state index >= 15 is 0 Å². The van der Waals surface area contributed by atoms with Crippen LogP contribution in [0.15, 0.2) is 53.9 Å². The Labute approximate surface area is 193 Å². The lowest BCUT2D eigenvalue weighted by Gasteiger charge is -2.22. The molecule has 0 radical (unpaired) electrons. The van der Waals surface area contributed by atoms with Crippen molar-refractivity contribution < 1.29 is 19.0 Å². The number of ether oxygens (including phenoxy) is 3. The van der Waals surface area contributed by atoms with Gasteiger partial charge in [0.05, 0.1) is 32.9 Å². The van der Waals surface area contributed by atoms with E-state index in [4.69, 9.17) is 14.2 Å². The molecule has 170 valence electrons. The minimum Gasteiger partial charge on any atom is -0.493 e. The maximum Gasteiger partial charge on any atom is 0.228 e. The van der Waals surface area contributed by atoms with Gasteiger partial charge in [0.1, 0.15) is 5.01 Å². The molecule has 0 aliphatic carbocycles. The summed E-state index contributed by atoms with van der Waals surface area (Å²) in [6.07, 6.45) is 2.13. The molecular formula is C25H30N2O4S. The molecule has 0 aliphatic heterocycles. The molecule has 7 heteroatoms. The molecule has 1 aromatic heterocycles. The van der Waals surface area contributed by atoms with Gasteiger partial charge in [-0.1, -0.05) is 30.3 Å². The SMILES string of the molecule is COCCN(CCCc1ccccc1)C(=O)Cc1csc(-c2ccc(OC)c(OC)c2)n1. The van der Waals surface area contributed by atoms with E-state index in [1.807, 2.05) is 46.7 Å². The molecular weight excluding hydrogens is 424 g/mol. The van der Waals surface area contributed by atoms with Gasteiger partial charge >= 0.3 is 0 Å². The highest BCUT2D eigenvalue weighted by atomic mass is 32.1. The van der Waals surface area contributed by atoms with Gasteiger partial charge in [0, 0.05) is 31.1 Å². The molecule has 0 bridgehead atoms. The van der Waals surface area contributed by atoms with E-state index in [0.29, 0.717) is 31.2 Å². The number of hydrogen-bond acceptors (Lipinski definition) is 6. The van der Waals surface area contributed by atoms with Gasteiger partial charge in [-0.25, -0.2) is 4.98 Å². The standard InChI is InChI=1S/C25H30N2O4S/c1-29-15-14-27(13-7-10-19-8-5-4-6-9-19)24(28)17-21-18-32-25(26-21)20-11-12-22(30-2)23(16-20)31-3/h4-6,8-9,11-12,16,18H,7,10,13-15,17H2,1-3H3. The average molecular weight is 455 g/mol. The van der Waals surface area contributed by atoms with Gasteiger partial charge in [0.15, 0.2) is 11.5 Å². The summed E-state index contributed by atoms with van der Waals surface area (Å²) in [6, 6.07) is 16.0. The second-order valence-corrected chi connectivity index (χ2v) is 8.21. The van der Waals surface area contributed by atoms with Crippen molar-refractivity contribution >= 4 is 17.2 Å². The number of benzene rings is 2. The Bertz CT molecular complexity index is 991. The number of hydrogen-bond donors (Lipinski definition) is 0. The van der Waals surface area contributed by atoms with Gasteiger partial charge in [-0.05, 0) is 36.6 Å². The Morgan fingerprint density at radius 2 is 1.78 bits per heavy atom. The molecule has 0 saturated carbocycles. The third kappa shape index (κ3) is 6.55.